The van der Waals surface area contributed by atoms with Gasteiger partial charge in [-0.25, -0.2) is 4.39 Å². The Kier molecular flexibility index (Phi) is 6.75. The van der Waals surface area contributed by atoms with Crippen LogP contribution in [0.25, 0.3) is 0 Å². The summed E-state index contributed by atoms with van der Waals surface area (Å²) in [5.41, 5.74) is 1.96. The number of benzene rings is 2. The minimum absolute atomic E-state index is 0. The molecule has 124 valence electrons. The zero-order valence-corrected chi connectivity index (χ0v) is 14.7. The Morgan fingerprint density at radius 1 is 1.22 bits per heavy atom. The van der Waals surface area contributed by atoms with Crippen molar-refractivity contribution in [3.05, 3.63) is 59.4 Å². The molecular formula is C18H21ClFNOS. The molecule has 0 radical (unpaired) electrons. The molecule has 5 heteroatoms. The highest BCUT2D eigenvalue weighted by Crippen LogP contribution is 2.42. The van der Waals surface area contributed by atoms with E-state index in [1.165, 1.54) is 6.07 Å². The van der Waals surface area contributed by atoms with Crippen LogP contribution in [0.4, 0.5) is 4.39 Å². The molecule has 0 bridgehead atoms. The Balaban J connectivity index is 0.00000192. The maximum Gasteiger partial charge on any atom is 0.134 e. The van der Waals surface area contributed by atoms with Crippen LogP contribution in [0, 0.1) is 5.82 Å². The highest BCUT2D eigenvalue weighted by molar-refractivity contribution is 7.99. The predicted molar refractivity (Wildman–Crippen MR) is 96.4 cm³/mol. The monoisotopic (exact) mass is 353 g/mol. The summed E-state index contributed by atoms with van der Waals surface area (Å²) in [6, 6.07) is 13.5. The Labute approximate surface area is 147 Å². The van der Waals surface area contributed by atoms with Crippen LogP contribution in [-0.4, -0.2) is 19.3 Å². The molecule has 1 atom stereocenters. The first kappa shape index (κ1) is 18.1. The summed E-state index contributed by atoms with van der Waals surface area (Å²) in [6.45, 7) is 0.871. The summed E-state index contributed by atoms with van der Waals surface area (Å²) >= 11 is 1.69. The van der Waals surface area contributed by atoms with Gasteiger partial charge in [0.15, 0.2) is 0 Å². The smallest absolute Gasteiger partial charge is 0.134 e. The first-order chi connectivity index (χ1) is 10.8. The lowest BCUT2D eigenvalue weighted by Gasteiger charge is -2.21. The molecular weight excluding hydrogens is 333 g/mol. The second-order valence-corrected chi connectivity index (χ2v) is 6.47. The fourth-order valence-corrected chi connectivity index (χ4v) is 3.85. The quantitative estimate of drug-likeness (QED) is 0.818. The molecule has 0 saturated carbocycles. The molecule has 1 heterocycles. The van der Waals surface area contributed by atoms with E-state index in [-0.39, 0.29) is 24.3 Å². The lowest BCUT2D eigenvalue weighted by molar-refractivity contribution is 0.189. The molecule has 1 N–H and O–H groups in total. The van der Waals surface area contributed by atoms with Gasteiger partial charge in [-0.15, -0.1) is 24.2 Å². The maximum atomic E-state index is 13.9. The molecule has 3 rings (SSSR count). The second kappa shape index (κ2) is 8.57. The van der Waals surface area contributed by atoms with Crippen molar-refractivity contribution in [1.82, 2.24) is 5.32 Å². The number of ether oxygens (including phenoxy) is 1. The van der Waals surface area contributed by atoms with Gasteiger partial charge in [-0.2, -0.15) is 0 Å². The van der Waals surface area contributed by atoms with Gasteiger partial charge in [0.25, 0.3) is 0 Å². The van der Waals surface area contributed by atoms with E-state index >= 15 is 0 Å². The lowest BCUT2D eigenvalue weighted by atomic mass is 10.1. The van der Waals surface area contributed by atoms with Crippen molar-refractivity contribution in [3.8, 4) is 5.75 Å². The third-order valence-corrected chi connectivity index (χ3v) is 5.01. The fraction of sp³-hybridized carbons (Fsp3) is 0.333. The van der Waals surface area contributed by atoms with Crippen molar-refractivity contribution in [3.63, 3.8) is 0 Å². The first-order valence-corrected chi connectivity index (χ1v) is 8.58. The van der Waals surface area contributed by atoms with Crippen molar-refractivity contribution in [2.45, 2.75) is 23.8 Å². The fourth-order valence-electron chi connectivity index (χ4n) is 2.71. The molecule has 1 aliphatic rings. The standard InChI is InChI=1S/C18H20FNOS.ClH/c1-20-11-9-16(13-5-3-2-4-6-13)21-17-8-7-15(19)14-10-12-22-18(14)17;/h2-8,16,20H,9-12H2,1H3;1H/t16-;/m1./s1. The third kappa shape index (κ3) is 4.19. The summed E-state index contributed by atoms with van der Waals surface area (Å²) in [5, 5.41) is 3.17. The second-order valence-electron chi connectivity index (χ2n) is 5.36. The van der Waals surface area contributed by atoms with E-state index in [1.807, 2.05) is 25.2 Å². The van der Waals surface area contributed by atoms with E-state index in [2.05, 4.69) is 17.4 Å². The molecule has 23 heavy (non-hydrogen) atoms. The van der Waals surface area contributed by atoms with Gasteiger partial charge in [-0.05, 0) is 37.7 Å². The molecule has 2 nitrogen and oxygen atoms in total. The summed E-state index contributed by atoms with van der Waals surface area (Å²) in [6.07, 6.45) is 1.64. The van der Waals surface area contributed by atoms with Gasteiger partial charge in [-0.3, -0.25) is 0 Å². The Morgan fingerprint density at radius 3 is 2.74 bits per heavy atom. The Bertz CT molecular complexity index is 638. The summed E-state index contributed by atoms with van der Waals surface area (Å²) in [7, 11) is 1.94. The van der Waals surface area contributed by atoms with Crippen LogP contribution in [0.1, 0.15) is 23.7 Å². The number of hydrogen-bond acceptors (Lipinski definition) is 3. The average Bonchev–Trinajstić information content (AvgIpc) is 3.05. The average molecular weight is 354 g/mol. The Hall–Kier alpha value is -1.23. The van der Waals surface area contributed by atoms with Crippen molar-refractivity contribution in [2.24, 2.45) is 0 Å². The van der Waals surface area contributed by atoms with Crippen LogP contribution in [0.15, 0.2) is 47.4 Å². The van der Waals surface area contributed by atoms with Crippen molar-refractivity contribution >= 4 is 24.2 Å². The normalized spacial score (nSPS) is 14.0. The lowest BCUT2D eigenvalue weighted by Crippen LogP contribution is -2.16. The highest BCUT2D eigenvalue weighted by Gasteiger charge is 2.23. The number of thioether (sulfide) groups is 1. The number of rotatable bonds is 6. The highest BCUT2D eigenvalue weighted by atomic mass is 35.5. The summed E-state index contributed by atoms with van der Waals surface area (Å²) < 4.78 is 20.1. The van der Waals surface area contributed by atoms with Gasteiger partial charge in [-0.1, -0.05) is 30.3 Å². The van der Waals surface area contributed by atoms with Gasteiger partial charge in [0, 0.05) is 17.7 Å². The molecule has 0 unspecified atom stereocenters. The van der Waals surface area contributed by atoms with Crippen LogP contribution >= 0.6 is 24.2 Å². The Morgan fingerprint density at radius 2 is 2.00 bits per heavy atom. The van der Waals surface area contributed by atoms with Crippen LogP contribution in [-0.2, 0) is 6.42 Å². The van der Waals surface area contributed by atoms with Crippen LogP contribution in [0.3, 0.4) is 0 Å². The molecule has 2 aromatic rings. The van der Waals surface area contributed by atoms with Crippen molar-refractivity contribution in [2.75, 3.05) is 19.3 Å². The van der Waals surface area contributed by atoms with Gasteiger partial charge < -0.3 is 10.1 Å². The summed E-state index contributed by atoms with van der Waals surface area (Å²) in [4.78, 5) is 0.977. The van der Waals surface area contributed by atoms with Gasteiger partial charge in [0.2, 0.25) is 0 Å². The predicted octanol–water partition coefficient (Wildman–Crippen LogP) is 4.63. The van der Waals surface area contributed by atoms with E-state index in [1.54, 1.807) is 17.8 Å². The molecule has 0 aliphatic carbocycles. The summed E-state index contributed by atoms with van der Waals surface area (Å²) in [5.74, 6) is 1.63. The molecule has 0 aromatic heterocycles. The largest absolute Gasteiger partial charge is 0.485 e. The topological polar surface area (TPSA) is 21.3 Å². The van der Waals surface area contributed by atoms with E-state index in [0.717, 1.165) is 46.9 Å². The van der Waals surface area contributed by atoms with E-state index in [9.17, 15) is 4.39 Å². The van der Waals surface area contributed by atoms with Crippen LogP contribution < -0.4 is 10.1 Å². The SMILES string of the molecule is CNCC[C@@H](Oc1ccc(F)c2c1SCC2)c1ccccc1.Cl. The van der Waals surface area contributed by atoms with Gasteiger partial charge in [0.05, 0.1) is 4.90 Å². The molecule has 0 saturated heterocycles. The van der Waals surface area contributed by atoms with Gasteiger partial charge >= 0.3 is 0 Å². The van der Waals surface area contributed by atoms with E-state index in [0.29, 0.717) is 0 Å². The zero-order valence-electron chi connectivity index (χ0n) is 13.0. The van der Waals surface area contributed by atoms with Crippen LogP contribution in [0.5, 0.6) is 5.75 Å². The first-order valence-electron chi connectivity index (χ1n) is 7.60. The number of nitrogens with one attached hydrogen (secondary N) is 1. The third-order valence-electron chi connectivity index (χ3n) is 3.86. The van der Waals surface area contributed by atoms with E-state index < -0.39 is 0 Å². The molecule has 0 fully saturated rings. The number of hydrogen-bond donors (Lipinski definition) is 1. The molecule has 0 amide bonds. The minimum Gasteiger partial charge on any atom is -0.485 e. The number of halogens is 2. The molecule has 2 aromatic carbocycles. The van der Waals surface area contributed by atoms with Gasteiger partial charge in [0.1, 0.15) is 17.7 Å². The zero-order chi connectivity index (χ0) is 15.4. The molecule has 0 spiro atoms. The van der Waals surface area contributed by atoms with E-state index in [4.69, 9.17) is 4.74 Å². The van der Waals surface area contributed by atoms with Crippen molar-refractivity contribution in [1.29, 1.82) is 0 Å². The number of fused-ring (bicyclic) bond motifs is 1. The molecule has 1 aliphatic heterocycles. The minimum atomic E-state index is -0.112. The maximum absolute atomic E-state index is 13.9. The van der Waals surface area contributed by atoms with Crippen molar-refractivity contribution < 1.29 is 9.13 Å². The van der Waals surface area contributed by atoms with Crippen LogP contribution in [0.2, 0.25) is 0 Å².